The number of amides is 1. The lowest BCUT2D eigenvalue weighted by Gasteiger charge is -2.35. The summed E-state index contributed by atoms with van der Waals surface area (Å²) >= 11 is 0. The first-order valence-electron chi connectivity index (χ1n) is 8.73. The maximum absolute atomic E-state index is 11.4. The van der Waals surface area contributed by atoms with Crippen LogP contribution < -0.4 is 10.6 Å². The van der Waals surface area contributed by atoms with Crippen molar-refractivity contribution in [2.24, 2.45) is 0 Å². The Morgan fingerprint density at radius 1 is 1.10 bits per heavy atom. The molecule has 0 unspecified atom stereocenters. The molecule has 0 saturated carbocycles. The molecule has 2 heterocycles. The number of halogens is 3. The topological polar surface area (TPSA) is 133 Å². The lowest BCUT2D eigenvalue weighted by atomic mass is 10.1. The van der Waals surface area contributed by atoms with Gasteiger partial charge in [-0.25, -0.2) is 4.79 Å². The molecule has 3 rings (SSSR count). The third kappa shape index (κ3) is 5.72. The van der Waals surface area contributed by atoms with Crippen molar-refractivity contribution in [1.82, 2.24) is 15.1 Å². The van der Waals surface area contributed by atoms with Gasteiger partial charge in [-0.2, -0.15) is 13.2 Å². The summed E-state index contributed by atoms with van der Waals surface area (Å²) in [5.41, 5.74) is 7.94. The predicted molar refractivity (Wildman–Crippen MR) is 102 cm³/mol. The third-order valence-electron chi connectivity index (χ3n) is 4.29. The van der Waals surface area contributed by atoms with E-state index in [1.165, 1.54) is 0 Å². The van der Waals surface area contributed by atoms with Crippen LogP contribution in [-0.2, 0) is 9.59 Å². The Kier molecular flexibility index (Phi) is 7.03. The highest BCUT2D eigenvalue weighted by molar-refractivity contribution is 5.76. The van der Waals surface area contributed by atoms with Gasteiger partial charge in [0, 0.05) is 38.7 Å². The molecule has 9 nitrogen and oxygen atoms in total. The van der Waals surface area contributed by atoms with E-state index < -0.39 is 12.1 Å². The minimum Gasteiger partial charge on any atom is -0.507 e. The molecule has 1 aliphatic rings. The Labute approximate surface area is 169 Å². The molecule has 1 aromatic heterocycles. The summed E-state index contributed by atoms with van der Waals surface area (Å²) in [5.74, 6) is -2.17. The molecular formula is C18H20F3N5O4. The first-order valence-corrected chi connectivity index (χ1v) is 8.73. The Morgan fingerprint density at radius 2 is 1.67 bits per heavy atom. The number of hydrogen-bond acceptors (Lipinski definition) is 7. The summed E-state index contributed by atoms with van der Waals surface area (Å²) in [7, 11) is 0. The molecule has 162 valence electrons. The molecule has 0 bridgehead atoms. The first-order chi connectivity index (χ1) is 14.0. The Balaban J connectivity index is 0.000000396. The molecule has 1 amide bonds. The van der Waals surface area contributed by atoms with Crippen LogP contribution in [-0.4, -0.2) is 69.5 Å². The van der Waals surface area contributed by atoms with Crippen molar-refractivity contribution < 1.29 is 33.0 Å². The van der Waals surface area contributed by atoms with Crippen LogP contribution in [0.3, 0.4) is 0 Å². The van der Waals surface area contributed by atoms with Gasteiger partial charge in [-0.05, 0) is 18.2 Å². The number of anilines is 2. The number of piperazine rings is 1. The third-order valence-corrected chi connectivity index (χ3v) is 4.29. The maximum Gasteiger partial charge on any atom is 0.490 e. The van der Waals surface area contributed by atoms with E-state index in [1.54, 1.807) is 25.1 Å². The number of hydrogen-bond donors (Lipinski definition) is 3. The number of carbonyl (C=O) groups is 2. The number of phenolic OH excluding ortho intramolecular Hbond substituents is 1. The zero-order chi connectivity index (χ0) is 22.5. The van der Waals surface area contributed by atoms with E-state index in [0.29, 0.717) is 43.3 Å². The normalized spacial score (nSPS) is 14.0. The zero-order valence-corrected chi connectivity index (χ0v) is 15.9. The number of carbonyl (C=O) groups excluding carboxylic acids is 1. The lowest BCUT2D eigenvalue weighted by molar-refractivity contribution is -0.192. The fourth-order valence-electron chi connectivity index (χ4n) is 2.73. The SMILES string of the molecule is CC(=O)N1CCN(c2cc(-c3ccccc3O)nnc2N)CC1.O=C(O)C(F)(F)F. The molecule has 1 saturated heterocycles. The van der Waals surface area contributed by atoms with Gasteiger partial charge in [-0.15, -0.1) is 10.2 Å². The highest BCUT2D eigenvalue weighted by Crippen LogP contribution is 2.31. The van der Waals surface area contributed by atoms with Crippen LogP contribution in [0.2, 0.25) is 0 Å². The number of nitrogen functional groups attached to an aromatic ring is 1. The van der Waals surface area contributed by atoms with Crippen molar-refractivity contribution in [3.05, 3.63) is 30.3 Å². The molecular weight excluding hydrogens is 407 g/mol. The number of carboxylic acids is 1. The van der Waals surface area contributed by atoms with Crippen molar-refractivity contribution in [2.75, 3.05) is 36.8 Å². The van der Waals surface area contributed by atoms with Gasteiger partial charge >= 0.3 is 12.1 Å². The number of aliphatic carboxylic acids is 1. The highest BCUT2D eigenvalue weighted by Gasteiger charge is 2.38. The number of nitrogens with two attached hydrogens (primary N) is 1. The van der Waals surface area contributed by atoms with Crippen LogP contribution in [0.25, 0.3) is 11.3 Å². The van der Waals surface area contributed by atoms with E-state index in [-0.39, 0.29) is 11.7 Å². The van der Waals surface area contributed by atoms with E-state index >= 15 is 0 Å². The summed E-state index contributed by atoms with van der Waals surface area (Å²) in [6.07, 6.45) is -5.08. The minimum atomic E-state index is -5.08. The maximum atomic E-state index is 11.4. The second kappa shape index (κ2) is 9.29. The summed E-state index contributed by atoms with van der Waals surface area (Å²) < 4.78 is 31.7. The number of rotatable bonds is 2. The Morgan fingerprint density at radius 3 is 2.17 bits per heavy atom. The molecule has 2 aromatic rings. The van der Waals surface area contributed by atoms with E-state index in [9.17, 15) is 23.1 Å². The molecule has 12 heteroatoms. The summed E-state index contributed by atoms with van der Waals surface area (Å²) in [4.78, 5) is 24.2. The fourth-order valence-corrected chi connectivity index (χ4v) is 2.73. The van der Waals surface area contributed by atoms with Crippen molar-refractivity contribution in [3.8, 4) is 17.0 Å². The van der Waals surface area contributed by atoms with E-state index in [4.69, 9.17) is 15.6 Å². The average molecular weight is 427 g/mol. The molecule has 0 radical (unpaired) electrons. The lowest BCUT2D eigenvalue weighted by Crippen LogP contribution is -2.48. The van der Waals surface area contributed by atoms with Crippen molar-refractivity contribution in [1.29, 1.82) is 0 Å². The number of phenols is 1. The second-order valence-corrected chi connectivity index (χ2v) is 6.31. The predicted octanol–water partition coefficient (Wildman–Crippen LogP) is 1.73. The van der Waals surface area contributed by atoms with Crippen LogP contribution >= 0.6 is 0 Å². The number of alkyl halides is 3. The number of nitrogens with zero attached hydrogens (tertiary/aromatic N) is 4. The summed E-state index contributed by atoms with van der Waals surface area (Å²) in [6.45, 7) is 4.27. The van der Waals surface area contributed by atoms with Crippen LogP contribution in [0.5, 0.6) is 5.75 Å². The summed E-state index contributed by atoms with van der Waals surface area (Å²) in [5, 5.41) is 25.2. The van der Waals surface area contributed by atoms with Gasteiger partial charge in [0.25, 0.3) is 0 Å². The second-order valence-electron chi connectivity index (χ2n) is 6.31. The van der Waals surface area contributed by atoms with Crippen LogP contribution in [0.1, 0.15) is 6.92 Å². The molecule has 4 N–H and O–H groups in total. The molecule has 0 atom stereocenters. The van der Waals surface area contributed by atoms with Gasteiger partial charge in [-0.1, -0.05) is 12.1 Å². The van der Waals surface area contributed by atoms with Crippen molar-refractivity contribution >= 4 is 23.4 Å². The fraction of sp³-hybridized carbons (Fsp3) is 0.333. The van der Waals surface area contributed by atoms with E-state index in [2.05, 4.69) is 15.1 Å². The number of benzene rings is 1. The zero-order valence-electron chi connectivity index (χ0n) is 15.9. The molecule has 30 heavy (non-hydrogen) atoms. The number of carboxylic acid groups (broad SMARTS) is 1. The van der Waals surface area contributed by atoms with E-state index in [0.717, 1.165) is 5.69 Å². The van der Waals surface area contributed by atoms with E-state index in [1.807, 2.05) is 17.0 Å². The van der Waals surface area contributed by atoms with Crippen LogP contribution in [0, 0.1) is 0 Å². The molecule has 0 spiro atoms. The largest absolute Gasteiger partial charge is 0.507 e. The van der Waals surface area contributed by atoms with Gasteiger partial charge in [0.2, 0.25) is 5.91 Å². The standard InChI is InChI=1S/C16H19N5O2.C2HF3O2/c1-11(22)20-6-8-21(9-7-20)14-10-13(18-19-16(14)17)12-4-2-3-5-15(12)23;3-2(4,5)1(6)7/h2-5,10,23H,6-9H2,1H3,(H2,17,19);(H,6,7). The molecule has 1 fully saturated rings. The minimum absolute atomic E-state index is 0.0837. The first kappa shape index (κ1) is 22.7. The summed E-state index contributed by atoms with van der Waals surface area (Å²) in [6, 6.07) is 8.82. The molecule has 1 aromatic carbocycles. The van der Waals surface area contributed by atoms with Crippen LogP contribution in [0.4, 0.5) is 24.7 Å². The molecule has 0 aliphatic carbocycles. The van der Waals surface area contributed by atoms with Crippen molar-refractivity contribution in [3.63, 3.8) is 0 Å². The number of aromatic hydroxyl groups is 1. The number of para-hydroxylation sites is 1. The monoisotopic (exact) mass is 427 g/mol. The molecule has 1 aliphatic heterocycles. The van der Waals surface area contributed by atoms with Crippen LogP contribution in [0.15, 0.2) is 30.3 Å². The average Bonchev–Trinajstić information content (AvgIpc) is 2.69. The Hall–Kier alpha value is -3.57. The highest BCUT2D eigenvalue weighted by atomic mass is 19.4. The quantitative estimate of drug-likeness (QED) is 0.660. The van der Waals surface area contributed by atoms with Gasteiger partial charge in [-0.3, -0.25) is 4.79 Å². The van der Waals surface area contributed by atoms with Gasteiger partial charge in [0.15, 0.2) is 5.82 Å². The smallest absolute Gasteiger partial charge is 0.490 e. The van der Waals surface area contributed by atoms with Gasteiger partial charge < -0.3 is 25.7 Å². The Bertz CT molecular complexity index is 915. The van der Waals surface area contributed by atoms with Gasteiger partial charge in [0.05, 0.1) is 11.4 Å². The van der Waals surface area contributed by atoms with Gasteiger partial charge in [0.1, 0.15) is 5.75 Å². The number of aromatic nitrogens is 2. The van der Waals surface area contributed by atoms with Crippen molar-refractivity contribution in [2.45, 2.75) is 13.1 Å².